The van der Waals surface area contributed by atoms with Crippen molar-refractivity contribution in [3.05, 3.63) is 225 Å². The number of rotatable bonds is 8. The first-order chi connectivity index (χ1) is 30.9. The van der Waals surface area contributed by atoms with Gasteiger partial charge in [0.1, 0.15) is 30.8 Å². The Kier molecular flexibility index (Phi) is 10.8. The molecule has 8 aromatic carbocycles. The molecule has 0 saturated carbocycles. The van der Waals surface area contributed by atoms with Gasteiger partial charge in [-0.25, -0.2) is 4.98 Å². The number of aromatic nitrogens is 2. The van der Waals surface area contributed by atoms with Gasteiger partial charge in [0.05, 0.1) is 0 Å². The maximum atomic E-state index is 5.23. The third-order valence-electron chi connectivity index (χ3n) is 12.3. The van der Waals surface area contributed by atoms with Gasteiger partial charge in [0.25, 0.3) is 0 Å². The van der Waals surface area contributed by atoms with Crippen LogP contribution in [0.3, 0.4) is 0 Å². The van der Waals surface area contributed by atoms with Crippen LogP contribution in [0.4, 0.5) is 17.1 Å². The molecular weight excluding hydrogens is 980 g/mol. The van der Waals surface area contributed by atoms with Gasteiger partial charge >= 0.3 is 0 Å². The Morgan fingerprint density at radius 3 is 1.81 bits per heavy atom. The summed E-state index contributed by atoms with van der Waals surface area (Å²) < 4.78 is 2.30. The van der Waals surface area contributed by atoms with Crippen molar-refractivity contribution in [2.45, 2.75) is 26.3 Å². The molecule has 0 radical (unpaired) electrons. The van der Waals surface area contributed by atoms with E-state index in [1.165, 1.54) is 21.5 Å². The van der Waals surface area contributed by atoms with Crippen molar-refractivity contribution in [1.29, 1.82) is 0 Å². The summed E-state index contributed by atoms with van der Waals surface area (Å²) in [6.45, 7) is 6.58. The fourth-order valence-electron chi connectivity index (χ4n) is 9.45. The molecule has 0 bridgehead atoms. The van der Waals surface area contributed by atoms with Crippen molar-refractivity contribution in [3.8, 4) is 28.1 Å². The van der Waals surface area contributed by atoms with Crippen molar-refractivity contribution < 1.29 is 26.0 Å². The Bertz CT molecular complexity index is 3240. The van der Waals surface area contributed by atoms with Gasteiger partial charge in [0.15, 0.2) is 0 Å². The molecule has 0 amide bonds. The Morgan fingerprint density at radius 1 is 0.516 bits per heavy atom. The van der Waals surface area contributed by atoms with Crippen LogP contribution in [0, 0.1) is 12.1 Å². The number of anilines is 3. The number of nitrogens with zero attached hydrogens (tertiary/aromatic N) is 4. The first-order valence-electron chi connectivity index (χ1n) is 21.5. The van der Waals surface area contributed by atoms with E-state index in [1.807, 2.05) is 6.20 Å². The molecule has 3 heterocycles. The quantitative estimate of drug-likeness (QED) is 0.0659. The minimum Gasteiger partial charge on any atom is -0.319 e. The zero-order chi connectivity index (χ0) is 42.5. The van der Waals surface area contributed by atoms with Crippen LogP contribution in [-0.4, -0.2) is 28.1 Å². The minimum absolute atomic E-state index is 0. The Hall–Kier alpha value is -6.82. The van der Waals surface area contributed by atoms with Crippen molar-refractivity contribution in [1.82, 2.24) is 9.55 Å². The molecular formula is C57H45N4OPtSi-. The number of para-hydroxylation sites is 3. The van der Waals surface area contributed by atoms with Gasteiger partial charge in [0.2, 0.25) is 0 Å². The largest absolute Gasteiger partial charge is 0.319 e. The number of fused-ring (bicyclic) bond motifs is 4. The fourth-order valence-corrected chi connectivity index (χ4v) is 14.0. The summed E-state index contributed by atoms with van der Waals surface area (Å²) in [6, 6.07) is 82.1. The predicted octanol–water partition coefficient (Wildman–Crippen LogP) is 11.1. The van der Waals surface area contributed by atoms with E-state index in [4.69, 9.17) is 9.92 Å². The van der Waals surface area contributed by atoms with Crippen molar-refractivity contribution in [2.75, 3.05) is 10.1 Å². The molecule has 5 nitrogen and oxygen atoms in total. The molecule has 0 atom stereocenters. The van der Waals surface area contributed by atoms with Crippen molar-refractivity contribution in [3.63, 3.8) is 0 Å². The molecule has 64 heavy (non-hydrogen) atoms. The van der Waals surface area contributed by atoms with Gasteiger partial charge in [-0.05, 0) is 89.1 Å². The van der Waals surface area contributed by atoms with E-state index in [-0.39, 0.29) is 26.6 Å². The van der Waals surface area contributed by atoms with Crippen LogP contribution < -0.4 is 30.9 Å². The van der Waals surface area contributed by atoms with Crippen molar-refractivity contribution >= 4 is 67.7 Å². The number of hydrogen-bond donors (Lipinski definition) is 0. The average Bonchev–Trinajstić information content (AvgIpc) is 3.90. The molecule has 0 fully saturated rings. The smallest absolute Gasteiger partial charge is 0.145 e. The van der Waals surface area contributed by atoms with E-state index in [2.05, 4.69) is 254 Å². The summed E-state index contributed by atoms with van der Waals surface area (Å²) in [6.07, 6.45) is 1.94. The second kappa shape index (κ2) is 16.7. The summed E-state index contributed by atoms with van der Waals surface area (Å²) >= 11 is 0. The molecule has 10 aromatic rings. The molecule has 11 rings (SSSR count). The molecule has 1 aliphatic heterocycles. The molecule has 0 saturated heterocycles. The van der Waals surface area contributed by atoms with Gasteiger partial charge in [-0.3, -0.25) is 0 Å². The third-order valence-corrected chi connectivity index (χ3v) is 16.9. The van der Waals surface area contributed by atoms with E-state index in [0.717, 1.165) is 66.2 Å². The number of hydrogen-bond acceptors (Lipinski definition) is 3. The van der Waals surface area contributed by atoms with Crippen LogP contribution >= 0.6 is 0 Å². The van der Waals surface area contributed by atoms with Crippen LogP contribution in [0.25, 0.3) is 49.9 Å². The minimum atomic E-state index is -3.15. The first-order valence-corrected chi connectivity index (χ1v) is 23.5. The molecule has 0 unspecified atom stereocenters. The molecule has 314 valence electrons. The summed E-state index contributed by atoms with van der Waals surface area (Å²) in [5, 5.41) is 11.2. The summed E-state index contributed by atoms with van der Waals surface area (Å²) in [7, 11) is -3.15. The Balaban J connectivity index is 0.00000484. The molecule has 2 aromatic heterocycles. The van der Waals surface area contributed by atoms with Crippen LogP contribution in [0.1, 0.15) is 20.8 Å². The van der Waals surface area contributed by atoms with Gasteiger partial charge in [-0.2, -0.15) is 51.7 Å². The van der Waals surface area contributed by atoms with E-state index < -0.39 is 8.07 Å². The topological polar surface area (TPSA) is 37.1 Å². The van der Waals surface area contributed by atoms with E-state index in [1.54, 1.807) is 0 Å². The number of pyridine rings is 1. The zero-order valence-corrected chi connectivity index (χ0v) is 39.0. The van der Waals surface area contributed by atoms with Crippen LogP contribution in [0.15, 0.2) is 212 Å². The standard InChI is InChI=1S/C57H44N4OSi.Pt/c1-57(2,3)61-54-33-18-17-32-53(54)60(62-61)43-22-19-27-46(39-43)63(44-23-9-5-10-24-44,45-25-11-6-12-26-45)47-34-35-51-50-30-15-16-31-52(50)59(55(51)40-47)56-38-42(36-37-58-56)49-29-14-13-28-48(49)41-20-7-4-8-21-41;/h4-38H,1-3H3;/q-2;/p+1. The van der Waals surface area contributed by atoms with E-state index >= 15 is 0 Å². The molecule has 1 N–H and O–H groups in total. The predicted molar refractivity (Wildman–Crippen MR) is 263 cm³/mol. The Labute approximate surface area is 390 Å². The maximum absolute atomic E-state index is 5.23. The van der Waals surface area contributed by atoms with Gasteiger partial charge < -0.3 is 4.57 Å². The third kappa shape index (κ3) is 6.90. The second-order valence-corrected chi connectivity index (χ2v) is 20.8. The van der Waals surface area contributed by atoms with E-state index in [9.17, 15) is 0 Å². The van der Waals surface area contributed by atoms with Crippen molar-refractivity contribution in [2.24, 2.45) is 0 Å². The molecule has 1 aliphatic rings. The fraction of sp³-hybridized carbons (Fsp3) is 0.0702. The molecule has 0 aliphatic carbocycles. The van der Waals surface area contributed by atoms with Crippen LogP contribution in [-0.2, 0) is 21.1 Å². The van der Waals surface area contributed by atoms with Gasteiger partial charge in [0, 0.05) is 38.5 Å². The monoisotopic (exact) mass is 1020 g/mol. The van der Waals surface area contributed by atoms with Crippen LogP contribution in [0.2, 0.25) is 0 Å². The first kappa shape index (κ1) is 41.2. The van der Waals surface area contributed by atoms with Gasteiger partial charge in [-0.1, -0.05) is 151 Å². The number of benzene rings is 8. The zero-order valence-electron chi connectivity index (χ0n) is 35.8. The van der Waals surface area contributed by atoms with Gasteiger partial charge in [-0.15, -0.1) is 21.6 Å². The molecule has 0 spiro atoms. The average molecular weight is 1030 g/mol. The summed E-state index contributed by atoms with van der Waals surface area (Å²) in [5.74, 6) is 0.841. The summed E-state index contributed by atoms with van der Waals surface area (Å²) in [5.41, 5.74) is 9.47. The summed E-state index contributed by atoms with van der Waals surface area (Å²) in [4.78, 5) is 10.3. The normalized spacial score (nSPS) is 12.7. The maximum Gasteiger partial charge on any atom is 0.145 e. The number of hydroxylamine groups is 1. The van der Waals surface area contributed by atoms with Crippen LogP contribution in [0.5, 0.6) is 0 Å². The van der Waals surface area contributed by atoms with E-state index in [0.29, 0.717) is 0 Å². The second-order valence-electron chi connectivity index (χ2n) is 17.1. The molecule has 7 heteroatoms. The SMILES string of the molecule is CC(C)(C)N1[OH+]N(c2[c-]c([Si](c3[c-]c4c(cc3)c3ccccc3n4-c3cc(-c4ccccc4-c4ccccc4)ccn3)(c3ccccc3)c3ccccc3)ccc2)c2ccccc21.[Pt]. The Morgan fingerprint density at radius 2 is 1.11 bits per heavy atom.